The van der Waals surface area contributed by atoms with Crippen molar-refractivity contribution in [3.05, 3.63) is 56.8 Å². The number of benzene rings is 1. The molecule has 0 radical (unpaired) electrons. The molecule has 0 saturated carbocycles. The predicted octanol–water partition coefficient (Wildman–Crippen LogP) is 3.68. The zero-order valence-electron chi connectivity index (χ0n) is 13.0. The number of nitrogens with zero attached hydrogens (tertiary/aromatic N) is 2. The first-order chi connectivity index (χ1) is 11.9. The molecule has 0 bridgehead atoms. The molecule has 2 aromatic rings. The first-order valence-electron chi connectivity index (χ1n) is 7.05. The average Bonchev–Trinajstić information content (AvgIpc) is 3.00. The van der Waals surface area contributed by atoms with Gasteiger partial charge in [-0.25, -0.2) is 14.2 Å². The molecule has 5 nitrogen and oxygen atoms in total. The molecule has 0 aliphatic carbocycles. The standard InChI is InChI=1S/C17H12ClFN2O3S/c1-10-9-25-17(21-10)12(7-20)15(22)8-24-16(23)5-3-11-2-4-14(19)13(18)6-11/h2-6,9,12H,8H2,1H3/b5-3+/t12-/m0/s1. The zero-order chi connectivity index (χ0) is 18.4. The molecule has 1 heterocycles. The van der Waals surface area contributed by atoms with E-state index in [1.165, 1.54) is 35.6 Å². The summed E-state index contributed by atoms with van der Waals surface area (Å²) in [6.07, 6.45) is 2.47. The van der Waals surface area contributed by atoms with Crippen LogP contribution < -0.4 is 0 Å². The van der Waals surface area contributed by atoms with E-state index in [9.17, 15) is 14.0 Å². The summed E-state index contributed by atoms with van der Waals surface area (Å²) < 4.78 is 17.9. The quantitative estimate of drug-likeness (QED) is 0.566. The van der Waals surface area contributed by atoms with Gasteiger partial charge in [0.05, 0.1) is 11.1 Å². The van der Waals surface area contributed by atoms with Crippen LogP contribution in [0.3, 0.4) is 0 Å². The van der Waals surface area contributed by atoms with Crippen molar-refractivity contribution >= 4 is 40.8 Å². The van der Waals surface area contributed by atoms with E-state index in [4.69, 9.17) is 21.6 Å². The van der Waals surface area contributed by atoms with Crippen molar-refractivity contribution in [1.29, 1.82) is 5.26 Å². The first kappa shape index (κ1) is 18.8. The van der Waals surface area contributed by atoms with Gasteiger partial charge in [-0.3, -0.25) is 4.79 Å². The Labute approximate surface area is 152 Å². The summed E-state index contributed by atoms with van der Waals surface area (Å²) >= 11 is 6.84. The van der Waals surface area contributed by atoms with E-state index in [0.29, 0.717) is 16.3 Å². The Kier molecular flexibility index (Phi) is 6.39. The maximum absolute atomic E-state index is 13.0. The molecule has 25 heavy (non-hydrogen) atoms. The number of aryl methyl sites for hydroxylation is 1. The van der Waals surface area contributed by atoms with E-state index in [0.717, 1.165) is 6.08 Å². The highest BCUT2D eigenvalue weighted by Crippen LogP contribution is 2.21. The van der Waals surface area contributed by atoms with Gasteiger partial charge < -0.3 is 4.74 Å². The Morgan fingerprint density at radius 2 is 2.28 bits per heavy atom. The van der Waals surface area contributed by atoms with E-state index < -0.39 is 30.1 Å². The van der Waals surface area contributed by atoms with Crippen LogP contribution in [0, 0.1) is 24.1 Å². The van der Waals surface area contributed by atoms with Crippen molar-refractivity contribution in [1.82, 2.24) is 4.98 Å². The minimum Gasteiger partial charge on any atom is -0.454 e. The third-order valence-electron chi connectivity index (χ3n) is 3.05. The van der Waals surface area contributed by atoms with Gasteiger partial charge in [-0.1, -0.05) is 17.7 Å². The maximum atomic E-state index is 13.0. The van der Waals surface area contributed by atoms with Gasteiger partial charge in [-0.2, -0.15) is 5.26 Å². The summed E-state index contributed by atoms with van der Waals surface area (Å²) in [6.45, 7) is 1.22. The highest BCUT2D eigenvalue weighted by Gasteiger charge is 2.24. The Balaban J connectivity index is 1.92. The largest absolute Gasteiger partial charge is 0.454 e. The monoisotopic (exact) mass is 378 g/mol. The second kappa shape index (κ2) is 8.51. The van der Waals surface area contributed by atoms with Crippen molar-refractivity contribution in [2.75, 3.05) is 6.61 Å². The number of nitriles is 1. The topological polar surface area (TPSA) is 80.0 Å². The fourth-order valence-corrected chi connectivity index (χ4v) is 2.87. The third kappa shape index (κ3) is 5.21. The number of thiazole rings is 1. The zero-order valence-corrected chi connectivity index (χ0v) is 14.6. The molecule has 0 fully saturated rings. The van der Waals surface area contributed by atoms with Gasteiger partial charge in [-0.15, -0.1) is 11.3 Å². The fraction of sp³-hybridized carbons (Fsp3) is 0.176. The van der Waals surface area contributed by atoms with Crippen LogP contribution in [-0.4, -0.2) is 23.3 Å². The molecular weight excluding hydrogens is 367 g/mol. The smallest absolute Gasteiger partial charge is 0.331 e. The molecular formula is C17H12ClFN2O3S. The van der Waals surface area contributed by atoms with Crippen molar-refractivity contribution in [3.8, 4) is 6.07 Å². The van der Waals surface area contributed by atoms with Crippen LogP contribution in [0.15, 0.2) is 29.7 Å². The van der Waals surface area contributed by atoms with Gasteiger partial charge in [0.2, 0.25) is 0 Å². The molecule has 8 heteroatoms. The molecule has 0 spiro atoms. The highest BCUT2D eigenvalue weighted by molar-refractivity contribution is 7.09. The van der Waals surface area contributed by atoms with Crippen LogP contribution in [0.1, 0.15) is 22.2 Å². The molecule has 1 atom stereocenters. The molecule has 0 unspecified atom stereocenters. The normalized spacial score (nSPS) is 11.9. The predicted molar refractivity (Wildman–Crippen MR) is 91.6 cm³/mol. The lowest BCUT2D eigenvalue weighted by molar-refractivity contribution is -0.143. The number of ether oxygens (including phenoxy) is 1. The lowest BCUT2D eigenvalue weighted by atomic mass is 10.1. The van der Waals surface area contributed by atoms with Gasteiger partial charge in [0.1, 0.15) is 10.8 Å². The van der Waals surface area contributed by atoms with Crippen LogP contribution in [0.2, 0.25) is 5.02 Å². The summed E-state index contributed by atoms with van der Waals surface area (Å²) in [5.74, 6) is -2.94. The number of hydrogen-bond donors (Lipinski definition) is 0. The molecule has 0 saturated heterocycles. The highest BCUT2D eigenvalue weighted by atomic mass is 35.5. The van der Waals surface area contributed by atoms with Crippen LogP contribution in [0.5, 0.6) is 0 Å². The van der Waals surface area contributed by atoms with Gasteiger partial charge in [0, 0.05) is 17.2 Å². The first-order valence-corrected chi connectivity index (χ1v) is 8.30. The lowest BCUT2D eigenvalue weighted by Gasteiger charge is -2.05. The number of halogens is 2. The molecule has 0 N–H and O–H groups in total. The molecule has 128 valence electrons. The minimum atomic E-state index is -1.06. The van der Waals surface area contributed by atoms with E-state index in [-0.39, 0.29) is 5.02 Å². The Bertz CT molecular complexity index is 873. The van der Waals surface area contributed by atoms with Crippen molar-refractivity contribution in [2.45, 2.75) is 12.8 Å². The molecule has 1 aromatic carbocycles. The van der Waals surface area contributed by atoms with Crippen molar-refractivity contribution in [3.63, 3.8) is 0 Å². The molecule has 0 amide bonds. The Morgan fingerprint density at radius 1 is 1.52 bits per heavy atom. The summed E-state index contributed by atoms with van der Waals surface area (Å²) in [7, 11) is 0. The van der Waals surface area contributed by atoms with E-state index in [1.54, 1.807) is 12.3 Å². The number of esters is 1. The number of Topliss-reactive ketones (excluding diaryl/α,β-unsaturated/α-hetero) is 1. The molecule has 0 aliphatic heterocycles. The van der Waals surface area contributed by atoms with Gasteiger partial charge in [0.25, 0.3) is 0 Å². The number of ketones is 1. The van der Waals surface area contributed by atoms with E-state index in [1.807, 2.05) is 6.07 Å². The van der Waals surface area contributed by atoms with Crippen LogP contribution in [0.4, 0.5) is 4.39 Å². The van der Waals surface area contributed by atoms with Crippen molar-refractivity contribution < 1.29 is 18.7 Å². The number of aromatic nitrogens is 1. The SMILES string of the molecule is Cc1csc([C@@H](C#N)C(=O)COC(=O)/C=C/c2ccc(F)c(Cl)c2)n1. The van der Waals surface area contributed by atoms with Gasteiger partial charge in [-0.05, 0) is 30.7 Å². The third-order valence-corrected chi connectivity index (χ3v) is 4.36. The lowest BCUT2D eigenvalue weighted by Crippen LogP contribution is -2.19. The number of carbonyl (C=O) groups is 2. The Hall–Kier alpha value is -2.56. The number of hydrogen-bond acceptors (Lipinski definition) is 6. The number of carbonyl (C=O) groups excluding carboxylic acids is 2. The van der Waals surface area contributed by atoms with Crippen LogP contribution in [-0.2, 0) is 14.3 Å². The van der Waals surface area contributed by atoms with Gasteiger partial charge in [0.15, 0.2) is 18.3 Å². The minimum absolute atomic E-state index is 0.0682. The summed E-state index contributed by atoms with van der Waals surface area (Å²) in [5.41, 5.74) is 1.22. The summed E-state index contributed by atoms with van der Waals surface area (Å²) in [4.78, 5) is 27.8. The van der Waals surface area contributed by atoms with Crippen molar-refractivity contribution in [2.24, 2.45) is 0 Å². The summed E-state index contributed by atoms with van der Waals surface area (Å²) in [6, 6.07) is 5.82. The second-order valence-corrected chi connectivity index (χ2v) is 6.27. The van der Waals surface area contributed by atoms with E-state index in [2.05, 4.69) is 4.98 Å². The average molecular weight is 379 g/mol. The fourth-order valence-electron chi connectivity index (χ4n) is 1.82. The maximum Gasteiger partial charge on any atom is 0.331 e. The van der Waals surface area contributed by atoms with E-state index >= 15 is 0 Å². The van der Waals surface area contributed by atoms with Crippen LogP contribution in [0.25, 0.3) is 6.08 Å². The summed E-state index contributed by atoms with van der Waals surface area (Å²) in [5, 5.41) is 11.2. The molecule has 1 aromatic heterocycles. The van der Waals surface area contributed by atoms with Gasteiger partial charge >= 0.3 is 5.97 Å². The molecule has 0 aliphatic rings. The van der Waals surface area contributed by atoms with Crippen LogP contribution >= 0.6 is 22.9 Å². The second-order valence-electron chi connectivity index (χ2n) is 4.97. The Morgan fingerprint density at radius 3 is 2.88 bits per heavy atom. The number of rotatable bonds is 6. The molecule has 2 rings (SSSR count).